The highest BCUT2D eigenvalue weighted by atomic mass is 16.5. The predicted octanol–water partition coefficient (Wildman–Crippen LogP) is 1.32. The fraction of sp³-hybridized carbons (Fsp3) is 0.600. The molecule has 0 saturated carbocycles. The molecule has 0 aliphatic carbocycles. The fourth-order valence-electron chi connectivity index (χ4n) is 1.76. The Balaban J connectivity index is 2.07. The average Bonchev–Trinajstić information content (AvgIpc) is 2.56. The lowest BCUT2D eigenvalue weighted by Gasteiger charge is -2.39. The van der Waals surface area contributed by atoms with Crippen molar-refractivity contribution >= 4 is 0 Å². The van der Waals surface area contributed by atoms with Crippen molar-refractivity contribution in [3.63, 3.8) is 0 Å². The SMILES string of the molecule is OCCCC1(c2ccco2)COC1. The number of furan rings is 1. The Labute approximate surface area is 77.3 Å². The second-order valence-corrected chi connectivity index (χ2v) is 3.58. The van der Waals surface area contributed by atoms with E-state index in [9.17, 15) is 0 Å². The molecule has 0 bridgehead atoms. The maximum atomic E-state index is 8.78. The number of rotatable bonds is 4. The summed E-state index contributed by atoms with van der Waals surface area (Å²) in [7, 11) is 0. The van der Waals surface area contributed by atoms with Crippen molar-refractivity contribution in [2.75, 3.05) is 19.8 Å². The van der Waals surface area contributed by atoms with Gasteiger partial charge in [0.25, 0.3) is 0 Å². The first-order chi connectivity index (χ1) is 6.37. The van der Waals surface area contributed by atoms with Crippen molar-refractivity contribution < 1.29 is 14.3 Å². The summed E-state index contributed by atoms with van der Waals surface area (Å²) in [5.74, 6) is 0.993. The molecule has 13 heavy (non-hydrogen) atoms. The third kappa shape index (κ3) is 1.49. The second-order valence-electron chi connectivity index (χ2n) is 3.58. The summed E-state index contributed by atoms with van der Waals surface area (Å²) in [6.45, 7) is 1.68. The molecule has 0 amide bonds. The van der Waals surface area contributed by atoms with Crippen LogP contribution in [0.2, 0.25) is 0 Å². The molecule has 1 saturated heterocycles. The minimum absolute atomic E-state index is 0.0478. The molecule has 1 aliphatic rings. The molecule has 0 aromatic carbocycles. The largest absolute Gasteiger partial charge is 0.469 e. The van der Waals surface area contributed by atoms with E-state index < -0.39 is 0 Å². The van der Waals surface area contributed by atoms with Crippen LogP contribution in [-0.2, 0) is 10.2 Å². The van der Waals surface area contributed by atoms with Gasteiger partial charge in [-0.25, -0.2) is 0 Å². The van der Waals surface area contributed by atoms with Crippen LogP contribution in [0.25, 0.3) is 0 Å². The Morgan fingerprint density at radius 2 is 2.31 bits per heavy atom. The first-order valence-electron chi connectivity index (χ1n) is 4.60. The number of hydrogen-bond donors (Lipinski definition) is 1. The maximum Gasteiger partial charge on any atom is 0.114 e. The molecule has 72 valence electrons. The fourth-order valence-corrected chi connectivity index (χ4v) is 1.76. The molecular weight excluding hydrogens is 168 g/mol. The Morgan fingerprint density at radius 1 is 1.46 bits per heavy atom. The third-order valence-electron chi connectivity index (χ3n) is 2.61. The van der Waals surface area contributed by atoms with E-state index in [0.717, 1.165) is 31.8 Å². The Kier molecular flexibility index (Phi) is 2.38. The predicted molar refractivity (Wildman–Crippen MR) is 47.5 cm³/mol. The smallest absolute Gasteiger partial charge is 0.114 e. The summed E-state index contributed by atoms with van der Waals surface area (Å²) in [5, 5.41) is 8.78. The summed E-state index contributed by atoms with van der Waals surface area (Å²) in [4.78, 5) is 0. The number of aliphatic hydroxyl groups is 1. The number of hydrogen-bond acceptors (Lipinski definition) is 3. The van der Waals surface area contributed by atoms with E-state index in [1.165, 1.54) is 0 Å². The van der Waals surface area contributed by atoms with Crippen LogP contribution in [0.1, 0.15) is 18.6 Å². The van der Waals surface area contributed by atoms with Crippen LogP contribution in [0.15, 0.2) is 22.8 Å². The van der Waals surface area contributed by atoms with Crippen LogP contribution in [0.4, 0.5) is 0 Å². The van der Waals surface area contributed by atoms with Gasteiger partial charge in [-0.05, 0) is 25.0 Å². The Hall–Kier alpha value is -0.800. The topological polar surface area (TPSA) is 42.6 Å². The normalized spacial score (nSPS) is 19.8. The van der Waals surface area contributed by atoms with Gasteiger partial charge < -0.3 is 14.3 Å². The summed E-state index contributed by atoms with van der Waals surface area (Å²) < 4.78 is 10.6. The molecule has 1 aliphatic heterocycles. The Morgan fingerprint density at radius 3 is 2.77 bits per heavy atom. The van der Waals surface area contributed by atoms with E-state index in [0.29, 0.717) is 0 Å². The molecule has 2 rings (SSSR count). The van der Waals surface area contributed by atoms with Crippen molar-refractivity contribution in [3.8, 4) is 0 Å². The van der Waals surface area contributed by atoms with Gasteiger partial charge in [-0.2, -0.15) is 0 Å². The lowest BCUT2D eigenvalue weighted by atomic mass is 9.79. The lowest BCUT2D eigenvalue weighted by molar-refractivity contribution is -0.0763. The van der Waals surface area contributed by atoms with E-state index in [1.807, 2.05) is 12.1 Å². The molecule has 1 fully saturated rings. The van der Waals surface area contributed by atoms with Gasteiger partial charge in [0.2, 0.25) is 0 Å². The summed E-state index contributed by atoms with van der Waals surface area (Å²) in [6, 6.07) is 3.88. The van der Waals surface area contributed by atoms with Crippen LogP contribution in [0.3, 0.4) is 0 Å². The van der Waals surface area contributed by atoms with E-state index >= 15 is 0 Å². The molecule has 1 aromatic rings. The Bertz CT molecular complexity index is 249. The summed E-state index contributed by atoms with van der Waals surface area (Å²) in [5.41, 5.74) is 0.0478. The number of aliphatic hydroxyl groups excluding tert-OH is 1. The van der Waals surface area contributed by atoms with E-state index in [1.54, 1.807) is 6.26 Å². The average molecular weight is 182 g/mol. The minimum atomic E-state index is 0.0478. The molecule has 1 aromatic heterocycles. The monoisotopic (exact) mass is 182 g/mol. The number of ether oxygens (including phenoxy) is 1. The summed E-state index contributed by atoms with van der Waals surface area (Å²) >= 11 is 0. The first kappa shape index (κ1) is 8.78. The highest BCUT2D eigenvalue weighted by Gasteiger charge is 2.42. The van der Waals surface area contributed by atoms with Gasteiger partial charge in [0.1, 0.15) is 5.76 Å². The zero-order chi connectivity index (χ0) is 9.15. The molecule has 2 heterocycles. The van der Waals surface area contributed by atoms with Gasteiger partial charge >= 0.3 is 0 Å². The maximum absolute atomic E-state index is 8.78. The second kappa shape index (κ2) is 3.52. The van der Waals surface area contributed by atoms with Crippen molar-refractivity contribution in [3.05, 3.63) is 24.2 Å². The first-order valence-corrected chi connectivity index (χ1v) is 4.60. The molecule has 3 heteroatoms. The highest BCUT2D eigenvalue weighted by molar-refractivity contribution is 5.17. The van der Waals surface area contributed by atoms with Gasteiger partial charge in [-0.1, -0.05) is 0 Å². The van der Waals surface area contributed by atoms with Crippen LogP contribution in [0, 0.1) is 0 Å². The molecule has 0 spiro atoms. The lowest BCUT2D eigenvalue weighted by Crippen LogP contribution is -2.46. The molecule has 0 radical (unpaired) electrons. The molecule has 0 unspecified atom stereocenters. The van der Waals surface area contributed by atoms with Crippen molar-refractivity contribution in [1.29, 1.82) is 0 Å². The molecule has 0 atom stereocenters. The molecule has 1 N–H and O–H groups in total. The zero-order valence-electron chi connectivity index (χ0n) is 7.53. The van der Waals surface area contributed by atoms with E-state index in [2.05, 4.69) is 0 Å². The van der Waals surface area contributed by atoms with Crippen LogP contribution in [-0.4, -0.2) is 24.9 Å². The van der Waals surface area contributed by atoms with E-state index in [-0.39, 0.29) is 12.0 Å². The third-order valence-corrected chi connectivity index (χ3v) is 2.61. The standard InChI is InChI=1S/C10H14O3/c11-5-2-4-10(7-12-8-10)9-3-1-6-13-9/h1,3,6,11H,2,4-5,7-8H2. The van der Waals surface area contributed by atoms with Crippen LogP contribution >= 0.6 is 0 Å². The van der Waals surface area contributed by atoms with Gasteiger partial charge in [0, 0.05) is 6.61 Å². The van der Waals surface area contributed by atoms with Gasteiger partial charge in [-0.3, -0.25) is 0 Å². The van der Waals surface area contributed by atoms with Crippen molar-refractivity contribution in [2.24, 2.45) is 0 Å². The molecule has 3 nitrogen and oxygen atoms in total. The highest BCUT2D eigenvalue weighted by Crippen LogP contribution is 2.36. The summed E-state index contributed by atoms with van der Waals surface area (Å²) in [6.07, 6.45) is 3.44. The minimum Gasteiger partial charge on any atom is -0.469 e. The zero-order valence-corrected chi connectivity index (χ0v) is 7.53. The van der Waals surface area contributed by atoms with E-state index in [4.69, 9.17) is 14.3 Å². The quantitative estimate of drug-likeness (QED) is 0.763. The van der Waals surface area contributed by atoms with Gasteiger partial charge in [0.15, 0.2) is 0 Å². The van der Waals surface area contributed by atoms with Crippen molar-refractivity contribution in [1.82, 2.24) is 0 Å². The molecular formula is C10H14O3. The van der Waals surface area contributed by atoms with Gasteiger partial charge in [0.05, 0.1) is 24.9 Å². The van der Waals surface area contributed by atoms with Crippen LogP contribution in [0.5, 0.6) is 0 Å². The van der Waals surface area contributed by atoms with Gasteiger partial charge in [-0.15, -0.1) is 0 Å². The van der Waals surface area contributed by atoms with Crippen LogP contribution < -0.4 is 0 Å². The van der Waals surface area contributed by atoms with Crippen molar-refractivity contribution in [2.45, 2.75) is 18.3 Å².